The highest BCUT2D eigenvalue weighted by atomic mass is 19.1. The number of pyridine rings is 1. The summed E-state index contributed by atoms with van der Waals surface area (Å²) >= 11 is 0. The maximum absolute atomic E-state index is 13.1. The van der Waals surface area contributed by atoms with Gasteiger partial charge >= 0.3 is 6.09 Å². The van der Waals surface area contributed by atoms with Crippen LogP contribution >= 0.6 is 0 Å². The number of hydrogen-bond acceptors (Lipinski definition) is 3. The number of carbonyl (C=O) groups excluding carboxylic acids is 1. The van der Waals surface area contributed by atoms with Crippen molar-refractivity contribution in [3.05, 3.63) is 95.3 Å². The number of benzene rings is 2. The molecule has 0 saturated heterocycles. The normalized spacial score (nSPS) is 12.6. The Morgan fingerprint density at radius 3 is 2.21 bits per heavy atom. The maximum atomic E-state index is 13.1. The summed E-state index contributed by atoms with van der Waals surface area (Å²) in [6, 6.07) is 18.4. The van der Waals surface area contributed by atoms with Crippen LogP contribution in [0.15, 0.2) is 66.7 Å². The lowest BCUT2D eigenvalue weighted by molar-refractivity contribution is 0.144. The second kappa shape index (κ2) is 8.22. The molecule has 0 bridgehead atoms. The second-order valence-corrected chi connectivity index (χ2v) is 6.65. The first-order valence-corrected chi connectivity index (χ1v) is 9.20. The number of amides is 1. The molecule has 1 aliphatic rings. The molecule has 0 fully saturated rings. The van der Waals surface area contributed by atoms with E-state index >= 15 is 0 Å². The van der Waals surface area contributed by atoms with Crippen LogP contribution in [0.2, 0.25) is 0 Å². The van der Waals surface area contributed by atoms with E-state index in [0.29, 0.717) is 5.56 Å². The van der Waals surface area contributed by atoms with E-state index in [9.17, 15) is 13.6 Å². The lowest BCUT2D eigenvalue weighted by Gasteiger charge is -2.14. The van der Waals surface area contributed by atoms with Crippen LogP contribution in [-0.2, 0) is 4.74 Å². The van der Waals surface area contributed by atoms with E-state index in [1.165, 1.54) is 6.08 Å². The molecule has 0 radical (unpaired) electrons. The predicted molar refractivity (Wildman–Crippen MR) is 106 cm³/mol. The van der Waals surface area contributed by atoms with Crippen molar-refractivity contribution in [2.75, 3.05) is 13.2 Å². The van der Waals surface area contributed by atoms with Crippen molar-refractivity contribution in [3.8, 4) is 11.1 Å². The van der Waals surface area contributed by atoms with Crippen molar-refractivity contribution in [3.63, 3.8) is 0 Å². The highest BCUT2D eigenvalue weighted by molar-refractivity contribution is 5.79. The van der Waals surface area contributed by atoms with Gasteiger partial charge in [0.1, 0.15) is 6.61 Å². The summed E-state index contributed by atoms with van der Waals surface area (Å²) in [5.74, 6) is -1.80. The summed E-state index contributed by atoms with van der Waals surface area (Å²) in [7, 11) is 0. The average Bonchev–Trinajstić information content (AvgIpc) is 3.03. The maximum Gasteiger partial charge on any atom is 0.407 e. The van der Waals surface area contributed by atoms with Gasteiger partial charge in [0, 0.05) is 24.6 Å². The van der Waals surface area contributed by atoms with E-state index in [2.05, 4.69) is 34.6 Å². The minimum atomic E-state index is -0.894. The summed E-state index contributed by atoms with van der Waals surface area (Å²) in [6.45, 7) is 0.395. The van der Waals surface area contributed by atoms with Gasteiger partial charge in [-0.1, -0.05) is 60.7 Å². The number of nitrogens with one attached hydrogen (secondary N) is 1. The number of halogens is 2. The number of aromatic nitrogens is 1. The molecule has 1 heterocycles. The van der Waals surface area contributed by atoms with Crippen LogP contribution in [0.25, 0.3) is 17.2 Å². The lowest BCUT2D eigenvalue weighted by Crippen LogP contribution is -2.26. The summed E-state index contributed by atoms with van der Waals surface area (Å²) in [5.41, 5.74) is 4.93. The first kappa shape index (κ1) is 18.8. The van der Waals surface area contributed by atoms with Crippen LogP contribution < -0.4 is 5.32 Å². The van der Waals surface area contributed by atoms with Crippen molar-refractivity contribution in [1.82, 2.24) is 10.3 Å². The molecule has 1 amide bonds. The molecule has 2 aromatic carbocycles. The van der Waals surface area contributed by atoms with Gasteiger partial charge in [-0.2, -0.15) is 13.8 Å². The third-order valence-electron chi connectivity index (χ3n) is 4.80. The van der Waals surface area contributed by atoms with Gasteiger partial charge in [-0.15, -0.1) is 0 Å². The molecule has 146 valence electrons. The van der Waals surface area contributed by atoms with Crippen LogP contribution in [0.1, 0.15) is 22.6 Å². The fraction of sp³-hybridized carbons (Fsp3) is 0.130. The van der Waals surface area contributed by atoms with Crippen LogP contribution in [0, 0.1) is 11.9 Å². The Bertz CT molecular complexity index is 1020. The van der Waals surface area contributed by atoms with Crippen LogP contribution in [0.5, 0.6) is 0 Å². The van der Waals surface area contributed by atoms with Gasteiger partial charge in [0.05, 0.1) is 0 Å². The number of alkyl carbamates (subject to hydrolysis) is 1. The van der Waals surface area contributed by atoms with Crippen molar-refractivity contribution in [2.45, 2.75) is 5.92 Å². The minimum Gasteiger partial charge on any atom is -0.449 e. The molecule has 4 rings (SSSR count). The first-order chi connectivity index (χ1) is 14.1. The van der Waals surface area contributed by atoms with Crippen molar-refractivity contribution in [2.24, 2.45) is 0 Å². The van der Waals surface area contributed by atoms with Crippen LogP contribution in [0.4, 0.5) is 13.6 Å². The number of fused-ring (bicyclic) bond motifs is 3. The summed E-state index contributed by atoms with van der Waals surface area (Å²) in [5, 5.41) is 2.60. The van der Waals surface area contributed by atoms with E-state index in [-0.39, 0.29) is 19.1 Å². The topological polar surface area (TPSA) is 51.2 Å². The van der Waals surface area contributed by atoms with Gasteiger partial charge in [-0.05, 0) is 27.8 Å². The fourth-order valence-corrected chi connectivity index (χ4v) is 3.57. The zero-order valence-corrected chi connectivity index (χ0v) is 15.4. The zero-order valence-electron chi connectivity index (χ0n) is 15.4. The standard InChI is InChI=1S/C23H18F2N2O2/c24-21-12-15(13-22(25)27-21)6-5-11-26-23(28)29-14-20-18-9-3-1-7-16(18)17-8-2-4-10-19(17)20/h1-10,12-13,20H,11,14H2,(H,26,28). The van der Waals surface area contributed by atoms with E-state index in [1.807, 2.05) is 24.3 Å². The third-order valence-corrected chi connectivity index (χ3v) is 4.80. The van der Waals surface area contributed by atoms with E-state index in [0.717, 1.165) is 34.4 Å². The molecular formula is C23H18F2N2O2. The van der Waals surface area contributed by atoms with E-state index < -0.39 is 18.0 Å². The molecule has 6 heteroatoms. The van der Waals surface area contributed by atoms with Gasteiger partial charge in [-0.25, -0.2) is 4.79 Å². The van der Waals surface area contributed by atoms with Gasteiger partial charge in [0.15, 0.2) is 0 Å². The number of ether oxygens (including phenoxy) is 1. The Morgan fingerprint density at radius 1 is 1.00 bits per heavy atom. The van der Waals surface area contributed by atoms with Crippen molar-refractivity contribution >= 4 is 12.2 Å². The quantitative estimate of drug-likeness (QED) is 0.628. The molecule has 0 aliphatic heterocycles. The SMILES string of the molecule is O=C(NCC=Cc1cc(F)nc(F)c1)OCC1c2ccccc2-c2ccccc21. The number of hydrogen-bond donors (Lipinski definition) is 1. The Kier molecular flexibility index (Phi) is 5.33. The molecule has 4 nitrogen and oxygen atoms in total. The van der Waals surface area contributed by atoms with Gasteiger partial charge in [0.2, 0.25) is 11.9 Å². The van der Waals surface area contributed by atoms with Crippen molar-refractivity contribution in [1.29, 1.82) is 0 Å². The first-order valence-electron chi connectivity index (χ1n) is 9.20. The average molecular weight is 392 g/mol. The molecular weight excluding hydrogens is 374 g/mol. The Morgan fingerprint density at radius 2 is 1.59 bits per heavy atom. The van der Waals surface area contributed by atoms with E-state index in [1.54, 1.807) is 6.08 Å². The zero-order chi connectivity index (χ0) is 20.2. The highest BCUT2D eigenvalue weighted by Gasteiger charge is 2.28. The molecule has 3 aromatic rings. The van der Waals surface area contributed by atoms with Gasteiger partial charge in [-0.3, -0.25) is 0 Å². The Balaban J connectivity index is 1.34. The van der Waals surface area contributed by atoms with Crippen LogP contribution in [-0.4, -0.2) is 24.2 Å². The minimum absolute atomic E-state index is 0.00791. The smallest absolute Gasteiger partial charge is 0.407 e. The summed E-state index contributed by atoms with van der Waals surface area (Å²) < 4.78 is 31.5. The molecule has 0 spiro atoms. The Hall–Kier alpha value is -3.54. The van der Waals surface area contributed by atoms with Gasteiger partial charge in [0.25, 0.3) is 0 Å². The molecule has 1 aromatic heterocycles. The summed E-state index contributed by atoms with van der Waals surface area (Å²) in [6.07, 6.45) is 2.52. The van der Waals surface area contributed by atoms with Gasteiger partial charge < -0.3 is 10.1 Å². The van der Waals surface area contributed by atoms with Crippen LogP contribution in [0.3, 0.4) is 0 Å². The number of carbonyl (C=O) groups is 1. The molecule has 29 heavy (non-hydrogen) atoms. The van der Waals surface area contributed by atoms with Crippen molar-refractivity contribution < 1.29 is 18.3 Å². The third kappa shape index (κ3) is 4.16. The number of nitrogens with zero attached hydrogens (tertiary/aromatic N) is 1. The molecule has 1 N–H and O–H groups in total. The fourth-order valence-electron chi connectivity index (χ4n) is 3.57. The molecule has 0 unspecified atom stereocenters. The lowest BCUT2D eigenvalue weighted by atomic mass is 9.98. The molecule has 0 saturated carbocycles. The largest absolute Gasteiger partial charge is 0.449 e. The monoisotopic (exact) mass is 392 g/mol. The molecule has 0 atom stereocenters. The number of rotatable bonds is 5. The highest BCUT2D eigenvalue weighted by Crippen LogP contribution is 2.44. The Labute approximate surface area is 166 Å². The summed E-state index contributed by atoms with van der Waals surface area (Å²) in [4.78, 5) is 15.1. The predicted octanol–water partition coefficient (Wildman–Crippen LogP) is 4.91. The molecule has 1 aliphatic carbocycles. The van der Waals surface area contributed by atoms with E-state index in [4.69, 9.17) is 4.74 Å². The second-order valence-electron chi connectivity index (χ2n) is 6.65.